The molecule has 3 nitrogen and oxygen atoms in total. The van der Waals surface area contributed by atoms with Crippen LogP contribution >= 0.6 is 46.4 Å². The average Bonchev–Trinajstić information content (AvgIpc) is 2.32. The second-order valence-electron chi connectivity index (χ2n) is 3.56. The summed E-state index contributed by atoms with van der Waals surface area (Å²) in [5.74, 6) is 0. The molecule has 2 aromatic rings. The Labute approximate surface area is 129 Å². The van der Waals surface area contributed by atoms with Crippen molar-refractivity contribution in [3.05, 3.63) is 61.7 Å². The van der Waals surface area contributed by atoms with Crippen molar-refractivity contribution in [1.29, 1.82) is 0 Å². The first-order chi connectivity index (χ1) is 8.97. The van der Waals surface area contributed by atoms with Gasteiger partial charge >= 0.3 is 0 Å². The third kappa shape index (κ3) is 3.51. The van der Waals surface area contributed by atoms with Gasteiger partial charge in [-0.1, -0.05) is 46.4 Å². The van der Waals surface area contributed by atoms with Crippen molar-refractivity contribution < 1.29 is 4.86 Å². The summed E-state index contributed by atoms with van der Waals surface area (Å²) in [6.07, 6.45) is 0. The van der Waals surface area contributed by atoms with Gasteiger partial charge in [0.05, 0.1) is 5.02 Å². The molecule has 0 N–H and O–H groups in total. The molecular formula is C12H6Cl4N2O. The summed E-state index contributed by atoms with van der Waals surface area (Å²) in [4.78, 5) is 0.383. The minimum atomic E-state index is 0.178. The second kappa shape index (κ2) is 5.97. The van der Waals surface area contributed by atoms with Crippen LogP contribution in [0.2, 0.25) is 20.1 Å². The van der Waals surface area contributed by atoms with E-state index in [0.29, 0.717) is 20.6 Å². The maximum absolute atomic E-state index is 11.9. The fourth-order valence-electron chi connectivity index (χ4n) is 1.35. The standard InChI is InChI=1S/C12H6Cl4N2O/c13-7-1-3-11(9(15)5-7)17-18(19)12-4-2-8(14)6-10(12)16/h1-6H. The number of halogens is 4. The highest BCUT2D eigenvalue weighted by Crippen LogP contribution is 2.32. The summed E-state index contributed by atoms with van der Waals surface area (Å²) < 4.78 is 0. The molecule has 98 valence electrons. The Hall–Kier alpha value is -1.000. The molecule has 0 amide bonds. The molecule has 0 spiro atoms. The van der Waals surface area contributed by atoms with Gasteiger partial charge in [0.25, 0.3) is 5.69 Å². The highest BCUT2D eigenvalue weighted by Gasteiger charge is 2.12. The van der Waals surface area contributed by atoms with E-state index < -0.39 is 0 Å². The molecule has 0 aliphatic carbocycles. The Bertz CT molecular complexity index is 658. The third-order valence-electron chi connectivity index (χ3n) is 2.22. The third-order valence-corrected chi connectivity index (χ3v) is 3.30. The van der Waals surface area contributed by atoms with Crippen LogP contribution in [0, 0.1) is 5.21 Å². The molecule has 7 heteroatoms. The van der Waals surface area contributed by atoms with Crippen LogP contribution in [0.25, 0.3) is 0 Å². The van der Waals surface area contributed by atoms with E-state index in [1.807, 2.05) is 0 Å². The van der Waals surface area contributed by atoms with Crippen molar-refractivity contribution in [1.82, 2.24) is 0 Å². The molecule has 0 fully saturated rings. The SMILES string of the molecule is [O-][N+](=Nc1ccc(Cl)cc1Cl)c1ccc(Cl)cc1Cl. The lowest BCUT2D eigenvalue weighted by Gasteiger charge is -2.03. The van der Waals surface area contributed by atoms with Gasteiger partial charge in [-0.3, -0.25) is 0 Å². The minimum absolute atomic E-state index is 0.178. The monoisotopic (exact) mass is 334 g/mol. The highest BCUT2D eigenvalue weighted by atomic mass is 35.5. The maximum atomic E-state index is 11.9. The predicted octanol–water partition coefficient (Wildman–Crippen LogP) is 6.23. The van der Waals surface area contributed by atoms with Crippen LogP contribution in [0.4, 0.5) is 11.4 Å². The summed E-state index contributed by atoms with van der Waals surface area (Å²) in [5.41, 5.74) is 0.476. The molecule has 0 atom stereocenters. The molecular weight excluding hydrogens is 330 g/mol. The van der Waals surface area contributed by atoms with E-state index >= 15 is 0 Å². The number of benzene rings is 2. The van der Waals surface area contributed by atoms with Gasteiger partial charge in [0.15, 0.2) is 5.69 Å². The first-order valence-electron chi connectivity index (χ1n) is 5.06. The van der Waals surface area contributed by atoms with E-state index in [2.05, 4.69) is 5.11 Å². The van der Waals surface area contributed by atoms with E-state index in [9.17, 15) is 5.21 Å². The summed E-state index contributed by atoms with van der Waals surface area (Å²) in [5, 5.41) is 17.1. The van der Waals surface area contributed by atoms with Gasteiger partial charge in [-0.25, -0.2) is 0 Å². The van der Waals surface area contributed by atoms with E-state index in [1.165, 1.54) is 18.2 Å². The molecule has 0 bridgehead atoms. The molecule has 0 aliphatic rings. The predicted molar refractivity (Wildman–Crippen MR) is 78.3 cm³/mol. The summed E-state index contributed by atoms with van der Waals surface area (Å²) in [7, 11) is 0. The van der Waals surface area contributed by atoms with Gasteiger partial charge in [0, 0.05) is 21.2 Å². The van der Waals surface area contributed by atoms with E-state index in [1.54, 1.807) is 18.2 Å². The Morgan fingerprint density at radius 2 is 1.42 bits per heavy atom. The zero-order valence-corrected chi connectivity index (χ0v) is 12.3. The molecule has 0 unspecified atom stereocenters. The highest BCUT2D eigenvalue weighted by molar-refractivity contribution is 6.36. The molecule has 2 aromatic carbocycles. The number of nitrogens with zero attached hydrogens (tertiary/aromatic N) is 2. The van der Waals surface area contributed by atoms with Crippen molar-refractivity contribution in [3.8, 4) is 0 Å². The zero-order chi connectivity index (χ0) is 14.0. The van der Waals surface area contributed by atoms with Crippen molar-refractivity contribution >= 4 is 57.8 Å². The first-order valence-corrected chi connectivity index (χ1v) is 6.57. The van der Waals surface area contributed by atoms with Crippen molar-refractivity contribution in [2.75, 3.05) is 0 Å². The van der Waals surface area contributed by atoms with E-state index in [4.69, 9.17) is 46.4 Å². The quantitative estimate of drug-likeness (QED) is 0.364. The van der Waals surface area contributed by atoms with Gasteiger partial charge in [-0.05, 0) is 35.2 Å². The molecule has 0 saturated heterocycles. The van der Waals surface area contributed by atoms with Crippen molar-refractivity contribution in [2.45, 2.75) is 0 Å². The van der Waals surface area contributed by atoms with Gasteiger partial charge in [0.2, 0.25) is 0 Å². The number of rotatable bonds is 2. The summed E-state index contributed by atoms with van der Waals surface area (Å²) >= 11 is 23.4. The molecule has 0 radical (unpaired) electrons. The van der Waals surface area contributed by atoms with Crippen LogP contribution in [-0.2, 0) is 0 Å². The van der Waals surface area contributed by atoms with Gasteiger partial charge in [0.1, 0.15) is 5.02 Å². The minimum Gasteiger partial charge on any atom is -0.594 e. The zero-order valence-electron chi connectivity index (χ0n) is 9.28. The average molecular weight is 336 g/mol. The fraction of sp³-hybridized carbons (Fsp3) is 0. The molecule has 0 aliphatic heterocycles. The first kappa shape index (κ1) is 14.4. The van der Waals surface area contributed by atoms with Gasteiger partial charge in [-0.15, -0.1) is 0 Å². The molecule has 0 saturated carbocycles. The van der Waals surface area contributed by atoms with Crippen LogP contribution in [-0.4, -0.2) is 4.86 Å². The van der Waals surface area contributed by atoms with Crippen molar-refractivity contribution in [3.63, 3.8) is 0 Å². The van der Waals surface area contributed by atoms with Gasteiger partial charge in [-0.2, -0.15) is 0 Å². The number of hydrogen-bond donors (Lipinski definition) is 0. The lowest BCUT2D eigenvalue weighted by atomic mass is 10.3. The Balaban J connectivity index is 2.42. The molecule has 0 heterocycles. The van der Waals surface area contributed by atoms with Crippen LogP contribution in [0.5, 0.6) is 0 Å². The van der Waals surface area contributed by atoms with E-state index in [-0.39, 0.29) is 15.7 Å². The topological polar surface area (TPSA) is 38.4 Å². The lowest BCUT2D eigenvalue weighted by molar-refractivity contribution is -0.435. The van der Waals surface area contributed by atoms with Crippen molar-refractivity contribution in [2.24, 2.45) is 5.11 Å². The largest absolute Gasteiger partial charge is 0.594 e. The second-order valence-corrected chi connectivity index (χ2v) is 5.25. The van der Waals surface area contributed by atoms with Crippen LogP contribution in [0.15, 0.2) is 41.5 Å². The Morgan fingerprint density at radius 3 is 2.00 bits per heavy atom. The lowest BCUT2D eigenvalue weighted by Crippen LogP contribution is -1.91. The fourth-order valence-corrected chi connectivity index (χ4v) is 2.28. The summed E-state index contributed by atoms with van der Waals surface area (Å²) in [6, 6.07) is 9.11. The van der Waals surface area contributed by atoms with Crippen LogP contribution < -0.4 is 0 Å². The number of azo groups is 1. The van der Waals surface area contributed by atoms with E-state index in [0.717, 1.165) is 0 Å². The normalized spacial score (nSPS) is 11.7. The number of hydrogen-bond acceptors (Lipinski definition) is 2. The maximum Gasteiger partial charge on any atom is 0.263 e. The molecule has 19 heavy (non-hydrogen) atoms. The van der Waals surface area contributed by atoms with Gasteiger partial charge < -0.3 is 5.21 Å². The molecule has 0 aromatic heterocycles. The van der Waals surface area contributed by atoms with Crippen LogP contribution in [0.3, 0.4) is 0 Å². The molecule has 2 rings (SSSR count). The Morgan fingerprint density at radius 1 is 0.842 bits per heavy atom. The summed E-state index contributed by atoms with van der Waals surface area (Å²) in [6.45, 7) is 0. The smallest absolute Gasteiger partial charge is 0.263 e. The van der Waals surface area contributed by atoms with Crippen LogP contribution in [0.1, 0.15) is 0 Å². The Kier molecular flexibility index (Phi) is 4.53.